The zero-order valence-corrected chi connectivity index (χ0v) is 17.9. The Bertz CT molecular complexity index is 1050. The molecule has 0 bridgehead atoms. The number of fused-ring (bicyclic) bond motifs is 1. The van der Waals surface area contributed by atoms with Gasteiger partial charge in [0.2, 0.25) is 5.91 Å². The number of rotatable bonds is 2. The van der Waals surface area contributed by atoms with Crippen LogP contribution in [0.2, 0.25) is 0 Å². The first-order chi connectivity index (χ1) is 13.5. The molecule has 1 unspecified atom stereocenters. The second-order valence-corrected chi connectivity index (χ2v) is 8.37. The van der Waals surface area contributed by atoms with Crippen molar-refractivity contribution in [2.75, 3.05) is 11.9 Å². The van der Waals surface area contributed by atoms with E-state index in [4.69, 9.17) is 0 Å². The lowest BCUT2D eigenvalue weighted by Gasteiger charge is -2.30. The lowest BCUT2D eigenvalue weighted by molar-refractivity contribution is -0.117. The molecule has 0 aromatic heterocycles. The van der Waals surface area contributed by atoms with Gasteiger partial charge in [-0.25, -0.2) is 0 Å². The molecule has 1 aliphatic rings. The van der Waals surface area contributed by atoms with Gasteiger partial charge in [0.15, 0.2) is 0 Å². The number of carbonyl (C=O) groups excluding carboxylic acids is 2. The molecule has 1 heterocycles. The molecule has 4 rings (SSSR count). The lowest BCUT2D eigenvalue weighted by atomic mass is 9.95. The van der Waals surface area contributed by atoms with Crippen molar-refractivity contribution in [1.29, 1.82) is 0 Å². The maximum absolute atomic E-state index is 13.4. The summed E-state index contributed by atoms with van der Waals surface area (Å²) in [5.41, 5.74) is 3.06. The largest absolute Gasteiger partial charge is 0.324 e. The molecular formula is C22H16Br2N2O2. The van der Waals surface area contributed by atoms with Crippen molar-refractivity contribution in [2.24, 2.45) is 0 Å². The molecule has 1 atom stereocenters. The summed E-state index contributed by atoms with van der Waals surface area (Å²) >= 11 is 6.94. The van der Waals surface area contributed by atoms with Crippen LogP contribution in [0.3, 0.4) is 0 Å². The maximum Gasteiger partial charge on any atom is 0.255 e. The fraction of sp³-hybridized carbons (Fsp3) is 0.0909. The lowest BCUT2D eigenvalue weighted by Crippen LogP contribution is -2.39. The van der Waals surface area contributed by atoms with Crippen molar-refractivity contribution < 1.29 is 9.59 Å². The predicted molar refractivity (Wildman–Crippen MR) is 116 cm³/mol. The van der Waals surface area contributed by atoms with Crippen molar-refractivity contribution >= 4 is 49.4 Å². The van der Waals surface area contributed by atoms with Gasteiger partial charge in [-0.15, -0.1) is 0 Å². The van der Waals surface area contributed by atoms with Crippen LogP contribution in [0.25, 0.3) is 0 Å². The molecule has 1 N–H and O–H groups in total. The van der Waals surface area contributed by atoms with E-state index in [9.17, 15) is 9.59 Å². The van der Waals surface area contributed by atoms with E-state index in [1.807, 2.05) is 60.7 Å². The molecule has 4 nitrogen and oxygen atoms in total. The number of anilines is 1. The Balaban J connectivity index is 1.89. The van der Waals surface area contributed by atoms with Crippen LogP contribution in [0.15, 0.2) is 81.7 Å². The monoisotopic (exact) mass is 498 g/mol. The second kappa shape index (κ2) is 7.89. The maximum atomic E-state index is 13.4. The molecular weight excluding hydrogens is 484 g/mol. The molecule has 0 radical (unpaired) electrons. The SMILES string of the molecule is O=C1CN(C(=O)c2cccc(Br)c2)C(c2ccccc2)c2cc(Br)ccc2N1. The highest BCUT2D eigenvalue weighted by Crippen LogP contribution is 2.38. The van der Waals surface area contributed by atoms with Crippen LogP contribution in [-0.2, 0) is 4.79 Å². The molecule has 0 spiro atoms. The van der Waals surface area contributed by atoms with E-state index in [0.717, 1.165) is 20.1 Å². The first-order valence-corrected chi connectivity index (χ1v) is 10.3. The third-order valence-corrected chi connectivity index (χ3v) is 5.64. The van der Waals surface area contributed by atoms with Gasteiger partial charge in [-0.2, -0.15) is 0 Å². The van der Waals surface area contributed by atoms with E-state index in [1.165, 1.54) is 0 Å². The average Bonchev–Trinajstić information content (AvgIpc) is 2.83. The summed E-state index contributed by atoms with van der Waals surface area (Å²) in [6.45, 7) is -0.0305. The van der Waals surface area contributed by atoms with E-state index in [0.29, 0.717) is 11.3 Å². The topological polar surface area (TPSA) is 49.4 Å². The normalized spacial score (nSPS) is 16.1. The predicted octanol–water partition coefficient (Wildman–Crippen LogP) is 5.40. The third kappa shape index (κ3) is 3.75. The van der Waals surface area contributed by atoms with Gasteiger partial charge in [0.1, 0.15) is 6.54 Å². The number of benzene rings is 3. The Morgan fingerprint density at radius 3 is 2.43 bits per heavy atom. The number of nitrogens with one attached hydrogen (secondary N) is 1. The number of hydrogen-bond donors (Lipinski definition) is 1. The van der Waals surface area contributed by atoms with Crippen molar-refractivity contribution in [3.8, 4) is 0 Å². The van der Waals surface area contributed by atoms with Crippen LogP contribution in [0.1, 0.15) is 27.5 Å². The number of hydrogen-bond acceptors (Lipinski definition) is 2. The van der Waals surface area contributed by atoms with Crippen LogP contribution in [0.4, 0.5) is 5.69 Å². The molecule has 140 valence electrons. The Kier molecular flexibility index (Phi) is 5.33. The summed E-state index contributed by atoms with van der Waals surface area (Å²) < 4.78 is 1.70. The molecule has 3 aromatic rings. The van der Waals surface area contributed by atoms with Crippen LogP contribution >= 0.6 is 31.9 Å². The minimum Gasteiger partial charge on any atom is -0.324 e. The summed E-state index contributed by atoms with van der Waals surface area (Å²) in [5, 5.41) is 2.93. The first-order valence-electron chi connectivity index (χ1n) is 8.74. The van der Waals surface area contributed by atoms with Gasteiger partial charge in [-0.1, -0.05) is 68.3 Å². The van der Waals surface area contributed by atoms with Gasteiger partial charge in [0, 0.05) is 25.8 Å². The minimum atomic E-state index is -0.390. The van der Waals surface area contributed by atoms with E-state index >= 15 is 0 Å². The van der Waals surface area contributed by atoms with Crippen molar-refractivity contribution in [1.82, 2.24) is 4.90 Å². The van der Waals surface area contributed by atoms with Gasteiger partial charge in [-0.3, -0.25) is 9.59 Å². The Labute approximate surface area is 179 Å². The van der Waals surface area contributed by atoms with Gasteiger partial charge < -0.3 is 10.2 Å². The summed E-state index contributed by atoms with van der Waals surface area (Å²) in [6.07, 6.45) is 0. The van der Waals surface area contributed by atoms with Gasteiger partial charge in [-0.05, 0) is 42.0 Å². The molecule has 0 aliphatic carbocycles. The van der Waals surface area contributed by atoms with Gasteiger partial charge >= 0.3 is 0 Å². The van der Waals surface area contributed by atoms with Crippen molar-refractivity contribution in [2.45, 2.75) is 6.04 Å². The summed E-state index contributed by atoms with van der Waals surface area (Å²) in [6, 6.07) is 22.3. The fourth-order valence-electron chi connectivity index (χ4n) is 3.45. The van der Waals surface area contributed by atoms with Crippen LogP contribution in [0, 0.1) is 0 Å². The van der Waals surface area contributed by atoms with E-state index in [2.05, 4.69) is 37.2 Å². The average molecular weight is 500 g/mol. The Morgan fingerprint density at radius 1 is 0.929 bits per heavy atom. The van der Waals surface area contributed by atoms with Crippen molar-refractivity contribution in [3.05, 3.63) is 98.4 Å². The third-order valence-electron chi connectivity index (χ3n) is 4.66. The molecule has 3 aromatic carbocycles. The minimum absolute atomic E-state index is 0.0305. The molecule has 6 heteroatoms. The number of amides is 2. The summed E-state index contributed by atoms with van der Waals surface area (Å²) in [4.78, 5) is 27.7. The van der Waals surface area contributed by atoms with Gasteiger partial charge in [0.25, 0.3) is 5.91 Å². The molecule has 0 saturated heterocycles. The second-order valence-electron chi connectivity index (χ2n) is 6.54. The standard InChI is InChI=1S/C22H16Br2N2O2/c23-16-8-4-7-15(11-16)22(28)26-13-20(27)25-19-10-9-17(24)12-18(19)21(26)14-5-2-1-3-6-14/h1-12,21H,13H2,(H,25,27). The Hall–Kier alpha value is -2.44. The first kappa shape index (κ1) is 18.9. The van der Waals surface area contributed by atoms with Crippen LogP contribution in [-0.4, -0.2) is 23.3 Å². The smallest absolute Gasteiger partial charge is 0.255 e. The molecule has 0 saturated carbocycles. The number of halogens is 2. The highest BCUT2D eigenvalue weighted by Gasteiger charge is 2.34. The molecule has 2 amide bonds. The van der Waals surface area contributed by atoms with Crippen molar-refractivity contribution in [3.63, 3.8) is 0 Å². The zero-order chi connectivity index (χ0) is 19.7. The highest BCUT2D eigenvalue weighted by molar-refractivity contribution is 9.10. The Morgan fingerprint density at radius 2 is 1.68 bits per heavy atom. The quantitative estimate of drug-likeness (QED) is 0.513. The highest BCUT2D eigenvalue weighted by atomic mass is 79.9. The molecule has 1 aliphatic heterocycles. The number of nitrogens with zero attached hydrogens (tertiary/aromatic N) is 1. The van der Waals surface area contributed by atoms with E-state index < -0.39 is 0 Å². The molecule has 0 fully saturated rings. The van der Waals surface area contributed by atoms with Gasteiger partial charge in [0.05, 0.1) is 6.04 Å². The van der Waals surface area contributed by atoms with E-state index in [1.54, 1.807) is 17.0 Å². The summed E-state index contributed by atoms with van der Waals surface area (Å²) in [5.74, 6) is -0.413. The van der Waals surface area contributed by atoms with Crippen LogP contribution < -0.4 is 5.32 Å². The number of carbonyl (C=O) groups is 2. The zero-order valence-electron chi connectivity index (χ0n) is 14.7. The molecule has 28 heavy (non-hydrogen) atoms. The fourth-order valence-corrected chi connectivity index (χ4v) is 4.23. The van der Waals surface area contributed by atoms with E-state index in [-0.39, 0.29) is 24.4 Å². The van der Waals surface area contributed by atoms with Crippen LogP contribution in [0.5, 0.6) is 0 Å². The summed E-state index contributed by atoms with van der Waals surface area (Å²) in [7, 11) is 0.